The van der Waals surface area contributed by atoms with Gasteiger partial charge in [0.15, 0.2) is 5.13 Å². The largest absolute Gasteiger partial charge is 0.329 e. The van der Waals surface area contributed by atoms with Crippen molar-refractivity contribution >= 4 is 32.4 Å². The number of hydrogen-bond donors (Lipinski definition) is 1. The Balaban J connectivity index is 2.01. The second kappa shape index (κ2) is 4.38. The van der Waals surface area contributed by atoms with Crippen molar-refractivity contribution in [1.82, 2.24) is 4.98 Å². The van der Waals surface area contributed by atoms with E-state index in [0.29, 0.717) is 10.8 Å². The van der Waals surface area contributed by atoms with Crippen LogP contribution < -0.4 is 5.32 Å². The predicted molar refractivity (Wildman–Crippen MR) is 74.0 cm³/mol. The number of para-hydroxylation sites is 2. The number of nitrogens with one attached hydrogen (secondary N) is 1. The van der Waals surface area contributed by atoms with Gasteiger partial charge in [-0.1, -0.05) is 35.6 Å². The first-order valence-electron chi connectivity index (χ1n) is 5.62. The van der Waals surface area contributed by atoms with Gasteiger partial charge in [-0.15, -0.1) is 0 Å². The van der Waals surface area contributed by atoms with Crippen molar-refractivity contribution in [2.24, 2.45) is 0 Å². The first kappa shape index (κ1) is 11.2. The normalized spacial score (nSPS) is 10.8. The summed E-state index contributed by atoms with van der Waals surface area (Å²) < 4.78 is 14.8. The van der Waals surface area contributed by atoms with Gasteiger partial charge in [0.2, 0.25) is 0 Å². The molecule has 0 atom stereocenters. The van der Waals surface area contributed by atoms with Gasteiger partial charge in [0.25, 0.3) is 0 Å². The monoisotopic (exact) mass is 258 g/mol. The zero-order valence-corrected chi connectivity index (χ0v) is 10.6. The van der Waals surface area contributed by atoms with E-state index in [1.54, 1.807) is 6.07 Å². The summed E-state index contributed by atoms with van der Waals surface area (Å²) in [5, 5.41) is 3.77. The molecule has 3 rings (SSSR count). The van der Waals surface area contributed by atoms with E-state index in [1.807, 2.05) is 37.3 Å². The minimum atomic E-state index is -0.255. The molecule has 0 bridgehead atoms. The van der Waals surface area contributed by atoms with Crippen LogP contribution in [-0.4, -0.2) is 4.98 Å². The van der Waals surface area contributed by atoms with Crippen LogP contribution in [0.15, 0.2) is 42.5 Å². The van der Waals surface area contributed by atoms with Crippen LogP contribution in [0.3, 0.4) is 0 Å². The van der Waals surface area contributed by atoms with Crippen LogP contribution >= 0.6 is 11.3 Å². The molecular formula is C14H11FN2S. The Kier molecular flexibility index (Phi) is 2.72. The van der Waals surface area contributed by atoms with Gasteiger partial charge in [0, 0.05) is 0 Å². The van der Waals surface area contributed by atoms with Crippen LogP contribution in [0.25, 0.3) is 10.2 Å². The average Bonchev–Trinajstić information content (AvgIpc) is 2.76. The van der Waals surface area contributed by atoms with E-state index < -0.39 is 0 Å². The fraction of sp³-hybridized carbons (Fsp3) is 0.0714. The first-order valence-corrected chi connectivity index (χ1v) is 6.43. The molecule has 0 aliphatic heterocycles. The van der Waals surface area contributed by atoms with Crippen molar-refractivity contribution in [3.63, 3.8) is 0 Å². The van der Waals surface area contributed by atoms with Gasteiger partial charge < -0.3 is 5.32 Å². The van der Waals surface area contributed by atoms with E-state index in [-0.39, 0.29) is 5.82 Å². The van der Waals surface area contributed by atoms with E-state index in [9.17, 15) is 4.39 Å². The van der Waals surface area contributed by atoms with Gasteiger partial charge in [-0.05, 0) is 30.7 Å². The van der Waals surface area contributed by atoms with E-state index in [2.05, 4.69) is 10.3 Å². The Morgan fingerprint density at radius 1 is 1.11 bits per heavy atom. The highest BCUT2D eigenvalue weighted by molar-refractivity contribution is 7.22. The molecule has 4 heteroatoms. The molecule has 0 aliphatic rings. The van der Waals surface area contributed by atoms with Gasteiger partial charge in [-0.25, -0.2) is 9.37 Å². The lowest BCUT2D eigenvalue weighted by Gasteiger charge is -2.07. The van der Waals surface area contributed by atoms with Gasteiger partial charge in [-0.2, -0.15) is 0 Å². The Morgan fingerprint density at radius 2 is 1.94 bits per heavy atom. The van der Waals surface area contributed by atoms with E-state index >= 15 is 0 Å². The number of anilines is 2. The lowest BCUT2D eigenvalue weighted by atomic mass is 10.2. The molecule has 1 N–H and O–H groups in total. The highest BCUT2D eigenvalue weighted by Gasteiger charge is 2.08. The molecule has 0 aliphatic carbocycles. The van der Waals surface area contributed by atoms with Crippen LogP contribution in [-0.2, 0) is 0 Å². The average molecular weight is 258 g/mol. The molecule has 0 spiro atoms. The van der Waals surface area contributed by atoms with Crippen molar-refractivity contribution in [3.8, 4) is 0 Å². The molecule has 0 fully saturated rings. The number of benzene rings is 2. The highest BCUT2D eigenvalue weighted by Crippen LogP contribution is 2.30. The molecule has 3 aromatic rings. The van der Waals surface area contributed by atoms with Crippen molar-refractivity contribution in [2.75, 3.05) is 5.32 Å². The highest BCUT2D eigenvalue weighted by atomic mass is 32.1. The Labute approximate surface area is 108 Å². The second-order valence-corrected chi connectivity index (χ2v) is 5.07. The number of halogens is 1. The van der Waals surface area contributed by atoms with Crippen molar-refractivity contribution < 1.29 is 4.39 Å². The molecule has 2 nitrogen and oxygen atoms in total. The number of aryl methyl sites for hydroxylation is 1. The van der Waals surface area contributed by atoms with E-state index in [1.165, 1.54) is 17.4 Å². The zero-order chi connectivity index (χ0) is 12.5. The quantitative estimate of drug-likeness (QED) is 0.732. The molecule has 0 unspecified atom stereocenters. The summed E-state index contributed by atoms with van der Waals surface area (Å²) in [4.78, 5) is 4.43. The van der Waals surface area contributed by atoms with Gasteiger partial charge in [0.05, 0.1) is 15.9 Å². The summed E-state index contributed by atoms with van der Waals surface area (Å²) in [7, 11) is 0. The number of hydrogen-bond acceptors (Lipinski definition) is 3. The summed E-state index contributed by atoms with van der Waals surface area (Å²) in [6.07, 6.45) is 0. The fourth-order valence-corrected chi connectivity index (χ4v) is 2.69. The fourth-order valence-electron chi connectivity index (χ4n) is 1.82. The zero-order valence-electron chi connectivity index (χ0n) is 9.77. The summed E-state index contributed by atoms with van der Waals surface area (Å²) in [6, 6.07) is 12.9. The minimum Gasteiger partial charge on any atom is -0.329 e. The smallest absolute Gasteiger partial charge is 0.188 e. The van der Waals surface area contributed by atoms with Crippen LogP contribution in [0.2, 0.25) is 0 Å². The molecule has 2 aromatic carbocycles. The number of aromatic nitrogens is 1. The maximum atomic E-state index is 13.7. The van der Waals surface area contributed by atoms with E-state index in [4.69, 9.17) is 0 Å². The maximum absolute atomic E-state index is 13.7. The van der Waals surface area contributed by atoms with Gasteiger partial charge >= 0.3 is 0 Å². The first-order chi connectivity index (χ1) is 8.74. The maximum Gasteiger partial charge on any atom is 0.188 e. The number of rotatable bonds is 2. The Morgan fingerprint density at radius 3 is 2.72 bits per heavy atom. The minimum absolute atomic E-state index is 0.255. The summed E-state index contributed by atoms with van der Waals surface area (Å²) in [6.45, 7) is 1.87. The Bertz CT molecular complexity index is 653. The second-order valence-electron chi connectivity index (χ2n) is 4.04. The van der Waals surface area contributed by atoms with E-state index in [0.717, 1.165) is 15.8 Å². The molecule has 90 valence electrons. The predicted octanol–water partition coefficient (Wildman–Crippen LogP) is 4.49. The lowest BCUT2D eigenvalue weighted by Crippen LogP contribution is -1.95. The summed E-state index contributed by atoms with van der Waals surface area (Å²) in [5.41, 5.74) is 2.30. The standard InChI is InChI=1S/C14H11FN2S/c1-9-5-4-6-10(15)13(9)17-14-16-11-7-2-3-8-12(11)18-14/h2-8H,1H3,(H,16,17). The van der Waals surface area contributed by atoms with Gasteiger partial charge in [0.1, 0.15) is 5.82 Å². The third-order valence-electron chi connectivity index (χ3n) is 2.75. The summed E-state index contributed by atoms with van der Waals surface area (Å²) in [5.74, 6) is -0.255. The van der Waals surface area contributed by atoms with Crippen LogP contribution in [0.5, 0.6) is 0 Å². The van der Waals surface area contributed by atoms with Gasteiger partial charge in [-0.3, -0.25) is 0 Å². The molecule has 0 radical (unpaired) electrons. The van der Waals surface area contributed by atoms with Crippen molar-refractivity contribution in [1.29, 1.82) is 0 Å². The number of nitrogens with zero attached hydrogens (tertiary/aromatic N) is 1. The van der Waals surface area contributed by atoms with Crippen LogP contribution in [0.4, 0.5) is 15.2 Å². The van der Waals surface area contributed by atoms with Crippen LogP contribution in [0.1, 0.15) is 5.56 Å². The molecule has 1 heterocycles. The lowest BCUT2D eigenvalue weighted by molar-refractivity contribution is 0.631. The summed E-state index contributed by atoms with van der Waals surface area (Å²) >= 11 is 1.52. The number of thiazole rings is 1. The molecule has 0 amide bonds. The molecule has 18 heavy (non-hydrogen) atoms. The molecule has 0 saturated carbocycles. The third kappa shape index (κ3) is 1.95. The topological polar surface area (TPSA) is 24.9 Å². The van der Waals surface area contributed by atoms with Crippen molar-refractivity contribution in [2.45, 2.75) is 6.92 Å². The number of fused-ring (bicyclic) bond motifs is 1. The Hall–Kier alpha value is -1.94. The molecule has 0 saturated heterocycles. The van der Waals surface area contributed by atoms with Crippen LogP contribution in [0, 0.1) is 12.7 Å². The molecule has 1 aromatic heterocycles. The SMILES string of the molecule is Cc1cccc(F)c1Nc1nc2ccccc2s1. The third-order valence-corrected chi connectivity index (χ3v) is 3.70. The molecular weight excluding hydrogens is 247 g/mol. The van der Waals surface area contributed by atoms with Crippen molar-refractivity contribution in [3.05, 3.63) is 53.8 Å².